The molecule has 3 rings (SSSR count). The maximum atomic E-state index is 12.6. The lowest BCUT2D eigenvalue weighted by Gasteiger charge is -2.12. The standard InChI is InChI=1S/C21H21F2N3O3/c1-13-5-7-18(29-21(22)23)17(10-13)24-20(27)16-8-9-26(25-16)12-28-19-11-14(2)4-6-15(19)3/h4-11,21H,12H2,1-3H3,(H,24,27). The third-order valence-corrected chi connectivity index (χ3v) is 4.17. The largest absolute Gasteiger partial charge is 0.471 e. The lowest BCUT2D eigenvalue weighted by molar-refractivity contribution is -0.0493. The number of ether oxygens (including phenoxy) is 2. The quantitative estimate of drug-likeness (QED) is 0.623. The third-order valence-electron chi connectivity index (χ3n) is 4.17. The summed E-state index contributed by atoms with van der Waals surface area (Å²) in [5.74, 6) is 0.0805. The smallest absolute Gasteiger partial charge is 0.387 e. The highest BCUT2D eigenvalue weighted by atomic mass is 19.3. The maximum Gasteiger partial charge on any atom is 0.387 e. The Morgan fingerprint density at radius 3 is 2.55 bits per heavy atom. The molecule has 152 valence electrons. The summed E-state index contributed by atoms with van der Waals surface area (Å²) in [4.78, 5) is 12.5. The van der Waals surface area contributed by atoms with Crippen LogP contribution in [-0.2, 0) is 6.73 Å². The summed E-state index contributed by atoms with van der Waals surface area (Å²) >= 11 is 0. The van der Waals surface area contributed by atoms with Gasteiger partial charge in [0.15, 0.2) is 12.4 Å². The number of nitrogens with one attached hydrogen (secondary N) is 1. The summed E-state index contributed by atoms with van der Waals surface area (Å²) in [5, 5.41) is 6.74. The second kappa shape index (κ2) is 8.72. The van der Waals surface area contributed by atoms with Gasteiger partial charge in [-0.05, 0) is 61.7 Å². The summed E-state index contributed by atoms with van der Waals surface area (Å²) in [5.41, 5.74) is 3.13. The van der Waals surface area contributed by atoms with Gasteiger partial charge < -0.3 is 14.8 Å². The summed E-state index contributed by atoms with van der Waals surface area (Å²) in [6, 6.07) is 12.0. The molecular formula is C21H21F2N3O3. The first kappa shape index (κ1) is 20.3. The van der Waals surface area contributed by atoms with Crippen LogP contribution in [0.4, 0.5) is 14.5 Å². The number of halogens is 2. The Morgan fingerprint density at radius 1 is 1.07 bits per heavy atom. The van der Waals surface area contributed by atoms with E-state index in [0.717, 1.165) is 22.4 Å². The van der Waals surface area contributed by atoms with E-state index >= 15 is 0 Å². The highest BCUT2D eigenvalue weighted by molar-refractivity contribution is 6.03. The van der Waals surface area contributed by atoms with Crippen LogP contribution in [0.1, 0.15) is 27.2 Å². The average molecular weight is 401 g/mol. The lowest BCUT2D eigenvalue weighted by atomic mass is 10.1. The minimum atomic E-state index is -2.99. The molecular weight excluding hydrogens is 380 g/mol. The van der Waals surface area contributed by atoms with Crippen molar-refractivity contribution < 1.29 is 23.0 Å². The molecule has 0 aliphatic heterocycles. The monoisotopic (exact) mass is 401 g/mol. The number of benzene rings is 2. The van der Waals surface area contributed by atoms with Crippen molar-refractivity contribution in [1.82, 2.24) is 9.78 Å². The van der Waals surface area contributed by atoms with Crippen molar-refractivity contribution in [2.45, 2.75) is 34.1 Å². The molecule has 2 aromatic carbocycles. The molecule has 0 saturated heterocycles. The normalized spacial score (nSPS) is 10.8. The van der Waals surface area contributed by atoms with Crippen molar-refractivity contribution in [2.24, 2.45) is 0 Å². The van der Waals surface area contributed by atoms with Crippen LogP contribution in [-0.4, -0.2) is 22.3 Å². The van der Waals surface area contributed by atoms with Gasteiger partial charge >= 0.3 is 6.61 Å². The van der Waals surface area contributed by atoms with Crippen molar-refractivity contribution in [2.75, 3.05) is 5.32 Å². The zero-order valence-electron chi connectivity index (χ0n) is 16.3. The minimum absolute atomic E-state index is 0.114. The summed E-state index contributed by atoms with van der Waals surface area (Å²) in [6.45, 7) is 2.83. The Kier molecular flexibility index (Phi) is 6.11. The van der Waals surface area contributed by atoms with Gasteiger partial charge in [0, 0.05) is 6.20 Å². The van der Waals surface area contributed by atoms with Crippen molar-refractivity contribution in [3.63, 3.8) is 0 Å². The number of amides is 1. The zero-order valence-corrected chi connectivity index (χ0v) is 16.3. The van der Waals surface area contributed by atoms with Crippen LogP contribution in [0.3, 0.4) is 0 Å². The van der Waals surface area contributed by atoms with E-state index in [2.05, 4.69) is 15.2 Å². The van der Waals surface area contributed by atoms with E-state index in [9.17, 15) is 13.6 Å². The second-order valence-electron chi connectivity index (χ2n) is 6.62. The fourth-order valence-corrected chi connectivity index (χ4v) is 2.68. The topological polar surface area (TPSA) is 65.4 Å². The van der Waals surface area contributed by atoms with Crippen LogP contribution in [0.2, 0.25) is 0 Å². The first-order valence-electron chi connectivity index (χ1n) is 8.92. The van der Waals surface area contributed by atoms with Crippen molar-refractivity contribution in [3.8, 4) is 11.5 Å². The predicted molar refractivity (Wildman–Crippen MR) is 105 cm³/mol. The Bertz CT molecular complexity index is 1020. The van der Waals surface area contributed by atoms with Crippen LogP contribution >= 0.6 is 0 Å². The fraction of sp³-hybridized carbons (Fsp3) is 0.238. The Morgan fingerprint density at radius 2 is 1.79 bits per heavy atom. The van der Waals surface area contributed by atoms with Crippen LogP contribution in [0.25, 0.3) is 0 Å². The molecule has 3 aromatic rings. The van der Waals surface area contributed by atoms with E-state index in [1.54, 1.807) is 25.3 Å². The Hall–Kier alpha value is -3.42. The molecule has 0 aliphatic rings. The number of nitrogens with zero attached hydrogens (tertiary/aromatic N) is 2. The number of aryl methyl sites for hydroxylation is 3. The van der Waals surface area contributed by atoms with Crippen LogP contribution in [0, 0.1) is 20.8 Å². The van der Waals surface area contributed by atoms with Crippen LogP contribution in [0.5, 0.6) is 11.5 Å². The van der Waals surface area contributed by atoms with E-state index < -0.39 is 12.5 Å². The predicted octanol–water partition coefficient (Wildman–Crippen LogP) is 4.70. The number of hydrogen-bond donors (Lipinski definition) is 1. The average Bonchev–Trinajstić information content (AvgIpc) is 3.13. The molecule has 0 atom stereocenters. The molecule has 0 bridgehead atoms. The van der Waals surface area contributed by atoms with Crippen LogP contribution in [0.15, 0.2) is 48.7 Å². The van der Waals surface area contributed by atoms with Gasteiger partial charge in [-0.25, -0.2) is 4.68 Å². The molecule has 0 saturated carbocycles. The summed E-state index contributed by atoms with van der Waals surface area (Å²) < 4.78 is 36.8. The molecule has 0 unspecified atom stereocenters. The van der Waals surface area contributed by atoms with Gasteiger partial charge in [0.05, 0.1) is 5.69 Å². The lowest BCUT2D eigenvalue weighted by Crippen LogP contribution is -2.16. The number of carbonyl (C=O) groups excluding carboxylic acids is 1. The summed E-state index contributed by atoms with van der Waals surface area (Å²) in [6.07, 6.45) is 1.60. The van der Waals surface area contributed by atoms with Gasteiger partial charge in [-0.3, -0.25) is 4.79 Å². The maximum absolute atomic E-state index is 12.6. The van der Waals surface area contributed by atoms with E-state index in [-0.39, 0.29) is 23.9 Å². The molecule has 0 aliphatic carbocycles. The van der Waals surface area contributed by atoms with Crippen LogP contribution < -0.4 is 14.8 Å². The van der Waals surface area contributed by atoms with Gasteiger partial charge in [-0.15, -0.1) is 0 Å². The first-order chi connectivity index (χ1) is 13.8. The molecule has 1 amide bonds. The SMILES string of the molecule is Cc1ccc(OC(F)F)c(NC(=O)c2ccn(COc3cc(C)ccc3C)n2)c1. The highest BCUT2D eigenvalue weighted by Gasteiger charge is 2.15. The number of aromatic nitrogens is 2. The molecule has 1 N–H and O–H groups in total. The van der Waals surface area contributed by atoms with Crippen molar-refractivity contribution >= 4 is 11.6 Å². The molecule has 0 spiro atoms. The number of rotatable bonds is 7. The Labute approximate surface area is 167 Å². The Balaban J connectivity index is 1.68. The van der Waals surface area contributed by atoms with Crippen molar-refractivity contribution in [1.29, 1.82) is 0 Å². The van der Waals surface area contributed by atoms with Gasteiger partial charge in [0.2, 0.25) is 0 Å². The van der Waals surface area contributed by atoms with Crippen molar-refractivity contribution in [3.05, 3.63) is 71.0 Å². The van der Waals surface area contributed by atoms with E-state index in [1.807, 2.05) is 32.0 Å². The molecule has 0 radical (unpaired) electrons. The number of alkyl halides is 2. The molecule has 1 aromatic heterocycles. The van der Waals surface area contributed by atoms with Gasteiger partial charge in [0.25, 0.3) is 5.91 Å². The van der Waals surface area contributed by atoms with Gasteiger partial charge in [0.1, 0.15) is 11.5 Å². The molecule has 6 nitrogen and oxygen atoms in total. The number of hydrogen-bond acceptors (Lipinski definition) is 4. The zero-order chi connectivity index (χ0) is 21.0. The summed E-state index contributed by atoms with van der Waals surface area (Å²) in [7, 11) is 0. The van der Waals surface area contributed by atoms with E-state index in [4.69, 9.17) is 4.74 Å². The molecule has 1 heterocycles. The number of anilines is 1. The number of carbonyl (C=O) groups is 1. The third kappa shape index (κ3) is 5.31. The van der Waals surface area contributed by atoms with Gasteiger partial charge in [-0.1, -0.05) is 18.2 Å². The van der Waals surface area contributed by atoms with E-state index in [0.29, 0.717) is 0 Å². The second-order valence-corrected chi connectivity index (χ2v) is 6.62. The molecule has 29 heavy (non-hydrogen) atoms. The fourth-order valence-electron chi connectivity index (χ4n) is 2.68. The van der Waals surface area contributed by atoms with E-state index in [1.165, 1.54) is 16.8 Å². The first-order valence-corrected chi connectivity index (χ1v) is 8.92. The highest BCUT2D eigenvalue weighted by Crippen LogP contribution is 2.27. The molecule has 8 heteroatoms. The molecule has 0 fully saturated rings. The van der Waals surface area contributed by atoms with Gasteiger partial charge in [-0.2, -0.15) is 13.9 Å². The minimum Gasteiger partial charge on any atom is -0.471 e.